The maximum atomic E-state index is 13.9. The van der Waals surface area contributed by atoms with E-state index in [0.29, 0.717) is 12.2 Å². The molecule has 1 saturated heterocycles. The third kappa shape index (κ3) is 4.01. The minimum absolute atomic E-state index is 0.113. The van der Waals surface area contributed by atoms with Gasteiger partial charge in [-0.25, -0.2) is 4.39 Å². The quantitative estimate of drug-likeness (QED) is 0.871. The van der Waals surface area contributed by atoms with Crippen molar-refractivity contribution in [3.8, 4) is 0 Å². The summed E-state index contributed by atoms with van der Waals surface area (Å²) in [5.41, 5.74) is 6.64. The predicted molar refractivity (Wildman–Crippen MR) is 77.0 cm³/mol. The summed E-state index contributed by atoms with van der Waals surface area (Å²) < 4.78 is 25.5. The minimum atomic E-state index is -0.410. The summed E-state index contributed by atoms with van der Waals surface area (Å²) >= 11 is 0. The molecule has 4 heteroatoms. The maximum Gasteiger partial charge on any atom is 0.129 e. The Bertz CT molecular complexity index is 407. The summed E-state index contributed by atoms with van der Waals surface area (Å²) in [6, 6.07) is 6.48. The highest BCUT2D eigenvalue weighted by Gasteiger charge is 2.24. The van der Waals surface area contributed by atoms with Crippen LogP contribution in [-0.4, -0.2) is 25.4 Å². The Morgan fingerprint density at radius 3 is 2.85 bits per heavy atom. The molecule has 1 fully saturated rings. The second kappa shape index (κ2) is 7.72. The lowest BCUT2D eigenvalue weighted by atomic mass is 10.00. The van der Waals surface area contributed by atoms with E-state index in [1.165, 1.54) is 6.07 Å². The molecule has 20 heavy (non-hydrogen) atoms. The van der Waals surface area contributed by atoms with Crippen molar-refractivity contribution in [3.63, 3.8) is 0 Å². The Labute approximate surface area is 120 Å². The van der Waals surface area contributed by atoms with Gasteiger partial charge in [0.25, 0.3) is 0 Å². The molecular weight excluding hydrogens is 257 g/mol. The number of benzene rings is 1. The van der Waals surface area contributed by atoms with E-state index in [1.54, 1.807) is 12.1 Å². The van der Waals surface area contributed by atoms with Gasteiger partial charge in [-0.15, -0.1) is 0 Å². The largest absolute Gasteiger partial charge is 0.376 e. The standard InChI is InChI=1S/C16H24FNO2/c1-2-15(18)16(13-8-3-4-9-14(13)17)20-11-12-7-5-6-10-19-12/h3-4,8-9,12,15-16H,2,5-7,10-11,18H2,1H3. The van der Waals surface area contributed by atoms with Crippen molar-refractivity contribution in [1.82, 2.24) is 0 Å². The summed E-state index contributed by atoms with van der Waals surface area (Å²) in [6.07, 6.45) is 3.73. The Balaban J connectivity index is 2.02. The highest BCUT2D eigenvalue weighted by Crippen LogP contribution is 2.26. The second-order valence-electron chi connectivity index (χ2n) is 5.34. The van der Waals surface area contributed by atoms with E-state index >= 15 is 0 Å². The Morgan fingerprint density at radius 1 is 1.40 bits per heavy atom. The van der Waals surface area contributed by atoms with E-state index in [4.69, 9.17) is 15.2 Å². The SMILES string of the molecule is CCC(N)C(OCC1CCCCO1)c1ccccc1F. The molecule has 1 aliphatic rings. The number of halogens is 1. The average Bonchev–Trinajstić information content (AvgIpc) is 2.50. The summed E-state index contributed by atoms with van der Waals surface area (Å²) in [5.74, 6) is -0.258. The lowest BCUT2D eigenvalue weighted by Gasteiger charge is -2.28. The lowest BCUT2D eigenvalue weighted by Crippen LogP contribution is -2.33. The second-order valence-corrected chi connectivity index (χ2v) is 5.34. The first-order valence-electron chi connectivity index (χ1n) is 7.45. The molecule has 1 aliphatic heterocycles. The predicted octanol–water partition coefficient (Wildman–Crippen LogP) is 3.19. The van der Waals surface area contributed by atoms with E-state index in [9.17, 15) is 4.39 Å². The van der Waals surface area contributed by atoms with Gasteiger partial charge in [0.2, 0.25) is 0 Å². The van der Waals surface area contributed by atoms with Crippen molar-refractivity contribution in [1.29, 1.82) is 0 Å². The van der Waals surface area contributed by atoms with Crippen LogP contribution in [0.3, 0.4) is 0 Å². The van der Waals surface area contributed by atoms with Gasteiger partial charge in [-0.05, 0) is 31.7 Å². The van der Waals surface area contributed by atoms with Crippen LogP contribution in [0.4, 0.5) is 4.39 Å². The Morgan fingerprint density at radius 2 is 2.20 bits per heavy atom. The van der Waals surface area contributed by atoms with Gasteiger partial charge in [0.1, 0.15) is 11.9 Å². The van der Waals surface area contributed by atoms with Crippen molar-refractivity contribution in [2.75, 3.05) is 13.2 Å². The van der Waals surface area contributed by atoms with Gasteiger partial charge in [0.05, 0.1) is 12.7 Å². The number of hydrogen-bond donors (Lipinski definition) is 1. The molecule has 0 aromatic heterocycles. The molecule has 1 aromatic carbocycles. The Kier molecular flexibility index (Phi) is 5.95. The van der Waals surface area contributed by atoms with Crippen molar-refractivity contribution >= 4 is 0 Å². The number of rotatable bonds is 6. The molecular formula is C16H24FNO2. The van der Waals surface area contributed by atoms with Gasteiger partial charge in [-0.3, -0.25) is 0 Å². The van der Waals surface area contributed by atoms with Crippen LogP contribution >= 0.6 is 0 Å². The number of ether oxygens (including phenoxy) is 2. The summed E-state index contributed by atoms with van der Waals surface area (Å²) in [7, 11) is 0. The van der Waals surface area contributed by atoms with Crippen LogP contribution in [0, 0.1) is 5.82 Å². The highest BCUT2D eigenvalue weighted by atomic mass is 19.1. The molecule has 2 rings (SSSR count). The van der Waals surface area contributed by atoms with Gasteiger partial charge in [-0.2, -0.15) is 0 Å². The van der Waals surface area contributed by atoms with Crippen molar-refractivity contribution in [3.05, 3.63) is 35.6 Å². The molecule has 2 N–H and O–H groups in total. The molecule has 3 unspecified atom stereocenters. The fraction of sp³-hybridized carbons (Fsp3) is 0.625. The summed E-state index contributed by atoms with van der Waals surface area (Å²) in [6.45, 7) is 3.25. The number of hydrogen-bond acceptors (Lipinski definition) is 3. The van der Waals surface area contributed by atoms with Crippen LogP contribution < -0.4 is 5.73 Å². The monoisotopic (exact) mass is 281 g/mol. The number of nitrogens with two attached hydrogens (primary N) is 1. The first kappa shape index (κ1) is 15.4. The van der Waals surface area contributed by atoms with Crippen LogP contribution in [0.2, 0.25) is 0 Å². The molecule has 1 heterocycles. The normalized spacial score (nSPS) is 22.4. The third-order valence-electron chi connectivity index (χ3n) is 3.81. The van der Waals surface area contributed by atoms with E-state index in [1.807, 2.05) is 13.0 Å². The van der Waals surface area contributed by atoms with Gasteiger partial charge >= 0.3 is 0 Å². The third-order valence-corrected chi connectivity index (χ3v) is 3.81. The molecule has 0 spiro atoms. The van der Waals surface area contributed by atoms with Crippen LogP contribution in [-0.2, 0) is 9.47 Å². The first-order chi connectivity index (χ1) is 9.72. The molecule has 1 aromatic rings. The fourth-order valence-electron chi connectivity index (χ4n) is 2.51. The zero-order valence-corrected chi connectivity index (χ0v) is 12.1. The lowest BCUT2D eigenvalue weighted by molar-refractivity contribution is -0.0702. The Hall–Kier alpha value is -0.970. The molecule has 0 radical (unpaired) electrons. The van der Waals surface area contributed by atoms with Crippen molar-refractivity contribution < 1.29 is 13.9 Å². The summed E-state index contributed by atoms with van der Waals surface area (Å²) in [4.78, 5) is 0. The smallest absolute Gasteiger partial charge is 0.129 e. The molecule has 0 amide bonds. The van der Waals surface area contributed by atoms with E-state index in [0.717, 1.165) is 32.3 Å². The van der Waals surface area contributed by atoms with Crippen LogP contribution in [0.15, 0.2) is 24.3 Å². The van der Waals surface area contributed by atoms with Crippen LogP contribution in [0.25, 0.3) is 0 Å². The molecule has 3 nitrogen and oxygen atoms in total. The maximum absolute atomic E-state index is 13.9. The van der Waals surface area contributed by atoms with E-state index < -0.39 is 6.10 Å². The highest BCUT2D eigenvalue weighted by molar-refractivity contribution is 5.21. The molecule has 0 bridgehead atoms. The summed E-state index contributed by atoms with van der Waals surface area (Å²) in [5, 5.41) is 0. The zero-order valence-electron chi connectivity index (χ0n) is 12.1. The van der Waals surface area contributed by atoms with Crippen LogP contribution in [0.1, 0.15) is 44.3 Å². The van der Waals surface area contributed by atoms with Crippen LogP contribution in [0.5, 0.6) is 0 Å². The minimum Gasteiger partial charge on any atom is -0.376 e. The molecule has 3 atom stereocenters. The average molecular weight is 281 g/mol. The molecule has 0 aliphatic carbocycles. The van der Waals surface area contributed by atoms with Gasteiger partial charge in [-0.1, -0.05) is 25.1 Å². The van der Waals surface area contributed by atoms with E-state index in [2.05, 4.69) is 0 Å². The van der Waals surface area contributed by atoms with Gasteiger partial charge in [0.15, 0.2) is 0 Å². The molecule has 112 valence electrons. The van der Waals surface area contributed by atoms with Gasteiger partial charge in [0, 0.05) is 18.2 Å². The van der Waals surface area contributed by atoms with Crippen molar-refractivity contribution in [2.24, 2.45) is 5.73 Å². The van der Waals surface area contributed by atoms with Crippen molar-refractivity contribution in [2.45, 2.75) is 50.9 Å². The van der Waals surface area contributed by atoms with E-state index in [-0.39, 0.29) is 18.0 Å². The fourth-order valence-corrected chi connectivity index (χ4v) is 2.51. The zero-order chi connectivity index (χ0) is 14.4. The first-order valence-corrected chi connectivity index (χ1v) is 7.45. The van der Waals surface area contributed by atoms with Gasteiger partial charge < -0.3 is 15.2 Å². The molecule has 0 saturated carbocycles. The topological polar surface area (TPSA) is 44.5 Å².